The van der Waals surface area contributed by atoms with Gasteiger partial charge in [0.15, 0.2) is 0 Å². The maximum atomic E-state index is 4.71. The van der Waals surface area contributed by atoms with Crippen LogP contribution in [0.25, 0.3) is 11.0 Å². The van der Waals surface area contributed by atoms with Crippen molar-refractivity contribution in [1.29, 1.82) is 0 Å². The summed E-state index contributed by atoms with van der Waals surface area (Å²) in [5, 5.41) is 0. The minimum absolute atomic E-state index is 0.959. The van der Waals surface area contributed by atoms with Crippen LogP contribution in [0.2, 0.25) is 0 Å². The van der Waals surface area contributed by atoms with E-state index in [1.54, 1.807) is 0 Å². The van der Waals surface area contributed by atoms with Gasteiger partial charge in [0.25, 0.3) is 0 Å². The van der Waals surface area contributed by atoms with Gasteiger partial charge in [0.05, 0.1) is 11.0 Å². The molecule has 0 aliphatic rings. The molecule has 2 aromatic carbocycles. The van der Waals surface area contributed by atoms with Crippen molar-refractivity contribution in [3.05, 3.63) is 60.2 Å². The zero-order chi connectivity index (χ0) is 13.9. The molecule has 0 saturated heterocycles. The van der Waals surface area contributed by atoms with Gasteiger partial charge in [0.2, 0.25) is 5.95 Å². The Kier molecular flexibility index (Phi) is 3.42. The SMILES string of the molecule is CN(CCc1ccccc1)c1nc2ccccc2n1C. The zero-order valence-electron chi connectivity index (χ0n) is 12.0. The molecule has 0 saturated carbocycles. The number of rotatable bonds is 4. The van der Waals surface area contributed by atoms with Crippen molar-refractivity contribution in [1.82, 2.24) is 9.55 Å². The molecular formula is C17H19N3. The smallest absolute Gasteiger partial charge is 0.206 e. The highest BCUT2D eigenvalue weighted by Gasteiger charge is 2.11. The average molecular weight is 265 g/mol. The third kappa shape index (κ3) is 2.39. The fourth-order valence-electron chi connectivity index (χ4n) is 2.52. The molecule has 20 heavy (non-hydrogen) atoms. The van der Waals surface area contributed by atoms with Gasteiger partial charge in [-0.2, -0.15) is 0 Å². The van der Waals surface area contributed by atoms with E-state index in [2.05, 4.69) is 72.1 Å². The molecule has 3 rings (SSSR count). The lowest BCUT2D eigenvalue weighted by atomic mass is 10.1. The highest BCUT2D eigenvalue weighted by Crippen LogP contribution is 2.20. The molecule has 0 aliphatic carbocycles. The van der Waals surface area contributed by atoms with E-state index in [1.807, 2.05) is 6.07 Å². The Morgan fingerprint density at radius 2 is 1.70 bits per heavy atom. The van der Waals surface area contributed by atoms with Gasteiger partial charge >= 0.3 is 0 Å². The molecule has 0 atom stereocenters. The van der Waals surface area contributed by atoms with Gasteiger partial charge in [0.1, 0.15) is 0 Å². The molecule has 0 N–H and O–H groups in total. The molecule has 0 fully saturated rings. The van der Waals surface area contributed by atoms with Crippen LogP contribution < -0.4 is 4.90 Å². The normalized spacial score (nSPS) is 10.9. The predicted octanol–water partition coefficient (Wildman–Crippen LogP) is 3.25. The summed E-state index contributed by atoms with van der Waals surface area (Å²) in [5.41, 5.74) is 3.59. The lowest BCUT2D eigenvalue weighted by Crippen LogP contribution is -2.23. The summed E-state index contributed by atoms with van der Waals surface area (Å²) in [7, 11) is 4.17. The fourth-order valence-corrected chi connectivity index (χ4v) is 2.52. The molecule has 0 unspecified atom stereocenters. The Hall–Kier alpha value is -2.29. The van der Waals surface area contributed by atoms with Crippen LogP contribution in [0.5, 0.6) is 0 Å². The highest BCUT2D eigenvalue weighted by atomic mass is 15.3. The van der Waals surface area contributed by atoms with Crippen molar-refractivity contribution < 1.29 is 0 Å². The molecule has 0 radical (unpaired) electrons. The second kappa shape index (κ2) is 5.37. The van der Waals surface area contributed by atoms with Crippen LogP contribution in [-0.2, 0) is 13.5 Å². The molecule has 3 heteroatoms. The predicted molar refractivity (Wildman–Crippen MR) is 84.1 cm³/mol. The van der Waals surface area contributed by atoms with Crippen LogP contribution in [0.15, 0.2) is 54.6 Å². The van der Waals surface area contributed by atoms with Gasteiger partial charge < -0.3 is 9.47 Å². The summed E-state index contributed by atoms with van der Waals surface area (Å²) < 4.78 is 2.15. The number of anilines is 1. The summed E-state index contributed by atoms with van der Waals surface area (Å²) in [4.78, 5) is 6.93. The molecule has 1 aromatic heterocycles. The Bertz CT molecular complexity index is 701. The molecule has 3 nitrogen and oxygen atoms in total. The molecule has 102 valence electrons. The van der Waals surface area contributed by atoms with Crippen molar-refractivity contribution in [2.24, 2.45) is 7.05 Å². The molecular weight excluding hydrogens is 246 g/mol. The summed E-state index contributed by atoms with van der Waals surface area (Å²) >= 11 is 0. The Labute approximate surface area is 119 Å². The van der Waals surface area contributed by atoms with Gasteiger partial charge in [-0.3, -0.25) is 0 Å². The van der Waals surface area contributed by atoms with Crippen LogP contribution >= 0.6 is 0 Å². The third-order valence-electron chi connectivity index (χ3n) is 3.68. The highest BCUT2D eigenvalue weighted by molar-refractivity contribution is 5.78. The summed E-state index contributed by atoms with van der Waals surface area (Å²) in [6.07, 6.45) is 1.03. The Morgan fingerprint density at radius 1 is 1.00 bits per heavy atom. The number of fused-ring (bicyclic) bond motifs is 1. The van der Waals surface area contributed by atoms with Crippen molar-refractivity contribution >= 4 is 17.0 Å². The first-order chi connectivity index (χ1) is 9.75. The Morgan fingerprint density at radius 3 is 2.45 bits per heavy atom. The number of hydrogen-bond acceptors (Lipinski definition) is 2. The average Bonchev–Trinajstić information content (AvgIpc) is 2.84. The van der Waals surface area contributed by atoms with E-state index in [9.17, 15) is 0 Å². The van der Waals surface area contributed by atoms with Crippen LogP contribution in [0.3, 0.4) is 0 Å². The molecule has 3 aromatic rings. The third-order valence-corrected chi connectivity index (χ3v) is 3.68. The number of para-hydroxylation sites is 2. The van der Waals surface area contributed by atoms with E-state index in [0.29, 0.717) is 0 Å². The van der Waals surface area contributed by atoms with Gasteiger partial charge in [-0.15, -0.1) is 0 Å². The first kappa shape index (κ1) is 12.7. The van der Waals surface area contributed by atoms with E-state index >= 15 is 0 Å². The number of aryl methyl sites for hydroxylation is 1. The second-order valence-corrected chi connectivity index (χ2v) is 5.12. The number of nitrogens with zero attached hydrogens (tertiary/aromatic N) is 3. The first-order valence-corrected chi connectivity index (χ1v) is 6.92. The van der Waals surface area contributed by atoms with Crippen LogP contribution in [0.1, 0.15) is 5.56 Å². The molecule has 0 bridgehead atoms. The second-order valence-electron chi connectivity index (χ2n) is 5.12. The molecule has 0 spiro atoms. The number of imidazole rings is 1. The maximum absolute atomic E-state index is 4.71. The number of likely N-dealkylation sites (N-methyl/N-ethyl adjacent to an activating group) is 1. The standard InChI is InChI=1S/C17H19N3/c1-19(13-12-14-8-4-3-5-9-14)17-18-15-10-6-7-11-16(15)20(17)2/h3-11H,12-13H2,1-2H3. The largest absolute Gasteiger partial charge is 0.345 e. The quantitative estimate of drug-likeness (QED) is 0.722. The summed E-state index contributed by atoms with van der Waals surface area (Å²) in [6.45, 7) is 0.959. The van der Waals surface area contributed by atoms with Gasteiger partial charge in [-0.25, -0.2) is 4.98 Å². The summed E-state index contributed by atoms with van der Waals surface area (Å²) in [6, 6.07) is 18.8. The van der Waals surface area contributed by atoms with E-state index in [4.69, 9.17) is 4.98 Å². The molecule has 0 amide bonds. The topological polar surface area (TPSA) is 21.1 Å². The monoisotopic (exact) mass is 265 g/mol. The summed E-state index contributed by atoms with van der Waals surface area (Å²) in [5.74, 6) is 1.02. The Balaban J connectivity index is 1.79. The number of benzene rings is 2. The minimum atomic E-state index is 0.959. The van der Waals surface area contributed by atoms with Crippen molar-refractivity contribution in [3.63, 3.8) is 0 Å². The number of hydrogen-bond donors (Lipinski definition) is 0. The van der Waals surface area contributed by atoms with Crippen LogP contribution in [-0.4, -0.2) is 23.1 Å². The lowest BCUT2D eigenvalue weighted by Gasteiger charge is -2.18. The van der Waals surface area contributed by atoms with Crippen LogP contribution in [0, 0.1) is 0 Å². The van der Waals surface area contributed by atoms with Crippen LogP contribution in [0.4, 0.5) is 5.95 Å². The first-order valence-electron chi connectivity index (χ1n) is 6.92. The molecule has 1 heterocycles. The minimum Gasteiger partial charge on any atom is -0.345 e. The van der Waals surface area contributed by atoms with E-state index in [1.165, 1.54) is 11.1 Å². The van der Waals surface area contributed by atoms with Crippen molar-refractivity contribution in [2.45, 2.75) is 6.42 Å². The zero-order valence-corrected chi connectivity index (χ0v) is 12.0. The fraction of sp³-hybridized carbons (Fsp3) is 0.235. The van der Waals surface area contributed by atoms with Crippen molar-refractivity contribution in [3.8, 4) is 0 Å². The molecule has 0 aliphatic heterocycles. The van der Waals surface area contributed by atoms with E-state index in [0.717, 1.165) is 24.4 Å². The number of aromatic nitrogens is 2. The van der Waals surface area contributed by atoms with Gasteiger partial charge in [-0.05, 0) is 24.1 Å². The van der Waals surface area contributed by atoms with E-state index < -0.39 is 0 Å². The van der Waals surface area contributed by atoms with Gasteiger partial charge in [0, 0.05) is 20.6 Å². The van der Waals surface area contributed by atoms with Gasteiger partial charge in [-0.1, -0.05) is 42.5 Å². The lowest BCUT2D eigenvalue weighted by molar-refractivity contribution is 0.802. The van der Waals surface area contributed by atoms with E-state index in [-0.39, 0.29) is 0 Å². The maximum Gasteiger partial charge on any atom is 0.206 e. The van der Waals surface area contributed by atoms with Crippen molar-refractivity contribution in [2.75, 3.05) is 18.5 Å².